The third-order valence-electron chi connectivity index (χ3n) is 3.86. The van der Waals surface area contributed by atoms with E-state index in [-0.39, 0.29) is 6.04 Å². The Labute approximate surface area is 134 Å². The van der Waals surface area contributed by atoms with Crippen molar-refractivity contribution in [2.75, 3.05) is 13.2 Å². The van der Waals surface area contributed by atoms with Crippen LogP contribution >= 0.6 is 15.9 Å². The van der Waals surface area contributed by atoms with Gasteiger partial charge in [0.25, 0.3) is 0 Å². The van der Waals surface area contributed by atoms with Crippen LogP contribution in [0.4, 0.5) is 0 Å². The van der Waals surface area contributed by atoms with E-state index >= 15 is 0 Å². The van der Waals surface area contributed by atoms with Gasteiger partial charge in [-0.15, -0.1) is 0 Å². The fourth-order valence-corrected chi connectivity index (χ4v) is 3.31. The Kier molecular flexibility index (Phi) is 4.61. The van der Waals surface area contributed by atoms with Crippen LogP contribution in [0.2, 0.25) is 0 Å². The number of rotatable bonds is 5. The summed E-state index contributed by atoms with van der Waals surface area (Å²) in [5.74, 6) is 1.04. The van der Waals surface area contributed by atoms with Gasteiger partial charge < -0.3 is 10.1 Å². The lowest BCUT2D eigenvalue weighted by molar-refractivity contribution is 0.357. The topological polar surface area (TPSA) is 21.3 Å². The fourth-order valence-electron chi connectivity index (χ4n) is 2.79. The first kappa shape index (κ1) is 14.6. The minimum atomic E-state index is 0.214. The molecule has 0 spiro atoms. The molecule has 0 amide bonds. The summed E-state index contributed by atoms with van der Waals surface area (Å²) in [6.07, 6.45) is 2.13. The largest absolute Gasteiger partial charge is 0.493 e. The van der Waals surface area contributed by atoms with E-state index < -0.39 is 0 Å². The molecule has 0 saturated carbocycles. The van der Waals surface area contributed by atoms with Gasteiger partial charge in [-0.1, -0.05) is 53.2 Å². The molecule has 0 aromatic heterocycles. The second-order valence-corrected chi connectivity index (χ2v) is 6.23. The molecule has 0 radical (unpaired) electrons. The van der Waals surface area contributed by atoms with Crippen molar-refractivity contribution >= 4 is 15.9 Å². The summed E-state index contributed by atoms with van der Waals surface area (Å²) in [5, 5.41) is 3.66. The SMILES string of the molecule is CCCNC(c1ccc2c(c1)CCO2)c1ccccc1Br. The van der Waals surface area contributed by atoms with Crippen LogP contribution in [-0.2, 0) is 6.42 Å². The zero-order valence-corrected chi connectivity index (χ0v) is 13.8. The maximum absolute atomic E-state index is 5.61. The highest BCUT2D eigenvalue weighted by molar-refractivity contribution is 9.10. The lowest BCUT2D eigenvalue weighted by Crippen LogP contribution is -2.23. The van der Waals surface area contributed by atoms with Crippen LogP contribution in [0.15, 0.2) is 46.9 Å². The van der Waals surface area contributed by atoms with Gasteiger partial charge >= 0.3 is 0 Å². The number of ether oxygens (including phenoxy) is 1. The van der Waals surface area contributed by atoms with Gasteiger partial charge in [0.05, 0.1) is 12.6 Å². The minimum Gasteiger partial charge on any atom is -0.493 e. The van der Waals surface area contributed by atoms with Crippen molar-refractivity contribution in [1.82, 2.24) is 5.32 Å². The second kappa shape index (κ2) is 6.63. The lowest BCUT2D eigenvalue weighted by Gasteiger charge is -2.21. The molecule has 21 heavy (non-hydrogen) atoms. The Morgan fingerprint density at radius 3 is 2.90 bits per heavy atom. The van der Waals surface area contributed by atoms with E-state index in [1.807, 2.05) is 0 Å². The van der Waals surface area contributed by atoms with Gasteiger partial charge in [-0.05, 0) is 41.8 Å². The van der Waals surface area contributed by atoms with Crippen LogP contribution < -0.4 is 10.1 Å². The minimum absolute atomic E-state index is 0.214. The molecule has 1 unspecified atom stereocenters. The van der Waals surface area contributed by atoms with Crippen molar-refractivity contribution in [1.29, 1.82) is 0 Å². The van der Waals surface area contributed by atoms with Crippen molar-refractivity contribution in [2.24, 2.45) is 0 Å². The summed E-state index contributed by atoms with van der Waals surface area (Å²) in [5.41, 5.74) is 3.91. The molecular formula is C18H20BrNO. The molecule has 1 heterocycles. The molecule has 2 aromatic carbocycles. The third kappa shape index (κ3) is 3.14. The number of nitrogens with one attached hydrogen (secondary N) is 1. The molecule has 2 nitrogen and oxygen atoms in total. The number of benzene rings is 2. The molecule has 1 N–H and O–H groups in total. The second-order valence-electron chi connectivity index (χ2n) is 5.37. The monoisotopic (exact) mass is 345 g/mol. The Morgan fingerprint density at radius 2 is 2.10 bits per heavy atom. The highest BCUT2D eigenvalue weighted by atomic mass is 79.9. The van der Waals surface area contributed by atoms with Crippen LogP contribution in [0.5, 0.6) is 5.75 Å². The van der Waals surface area contributed by atoms with E-state index in [1.165, 1.54) is 16.7 Å². The third-order valence-corrected chi connectivity index (χ3v) is 4.58. The van der Waals surface area contributed by atoms with Crippen LogP contribution in [0.1, 0.15) is 36.1 Å². The fraction of sp³-hybridized carbons (Fsp3) is 0.333. The maximum atomic E-state index is 5.61. The molecule has 3 heteroatoms. The number of hydrogen-bond acceptors (Lipinski definition) is 2. The maximum Gasteiger partial charge on any atom is 0.122 e. The molecule has 1 aliphatic rings. The van der Waals surface area contributed by atoms with E-state index in [1.54, 1.807) is 0 Å². The van der Waals surface area contributed by atoms with Crippen LogP contribution in [0.25, 0.3) is 0 Å². The van der Waals surface area contributed by atoms with Gasteiger partial charge in [0.15, 0.2) is 0 Å². The summed E-state index contributed by atoms with van der Waals surface area (Å²) in [7, 11) is 0. The zero-order chi connectivity index (χ0) is 14.7. The molecule has 1 aliphatic heterocycles. The van der Waals surface area contributed by atoms with Crippen molar-refractivity contribution < 1.29 is 4.74 Å². The van der Waals surface area contributed by atoms with Gasteiger partial charge in [-0.2, -0.15) is 0 Å². The lowest BCUT2D eigenvalue weighted by atomic mass is 9.96. The van der Waals surface area contributed by atoms with Crippen molar-refractivity contribution in [3.63, 3.8) is 0 Å². The number of fused-ring (bicyclic) bond motifs is 1. The van der Waals surface area contributed by atoms with E-state index in [4.69, 9.17) is 4.74 Å². The Hall–Kier alpha value is -1.32. The molecule has 1 atom stereocenters. The smallest absolute Gasteiger partial charge is 0.122 e. The average Bonchev–Trinajstić information content (AvgIpc) is 2.97. The van der Waals surface area contributed by atoms with Crippen LogP contribution in [0.3, 0.4) is 0 Å². The van der Waals surface area contributed by atoms with Crippen molar-refractivity contribution in [2.45, 2.75) is 25.8 Å². The molecule has 2 aromatic rings. The van der Waals surface area contributed by atoms with Crippen molar-refractivity contribution in [3.05, 3.63) is 63.6 Å². The van der Waals surface area contributed by atoms with Gasteiger partial charge in [-0.25, -0.2) is 0 Å². The Morgan fingerprint density at radius 1 is 1.24 bits per heavy atom. The Bertz CT molecular complexity index is 626. The molecule has 3 rings (SSSR count). The summed E-state index contributed by atoms with van der Waals surface area (Å²) in [6, 6.07) is 15.2. The molecule has 0 bridgehead atoms. The average molecular weight is 346 g/mol. The molecule has 0 fully saturated rings. The van der Waals surface area contributed by atoms with Gasteiger partial charge in [-0.3, -0.25) is 0 Å². The summed E-state index contributed by atoms with van der Waals surface area (Å²) in [6.45, 7) is 4.00. The van der Waals surface area contributed by atoms with Gasteiger partial charge in [0.2, 0.25) is 0 Å². The summed E-state index contributed by atoms with van der Waals surface area (Å²) in [4.78, 5) is 0. The Balaban J connectivity index is 1.97. The molecule has 110 valence electrons. The first-order valence-corrected chi connectivity index (χ1v) is 8.32. The van der Waals surface area contributed by atoms with E-state index in [0.29, 0.717) is 0 Å². The predicted octanol–water partition coefficient (Wildman–Crippen LogP) is 4.47. The quantitative estimate of drug-likeness (QED) is 0.862. The molecule has 0 aliphatic carbocycles. The number of halogens is 1. The molecular weight excluding hydrogens is 326 g/mol. The summed E-state index contributed by atoms with van der Waals surface area (Å²) < 4.78 is 6.76. The predicted molar refractivity (Wildman–Crippen MR) is 89.9 cm³/mol. The van der Waals surface area contributed by atoms with E-state index in [9.17, 15) is 0 Å². The van der Waals surface area contributed by atoms with Crippen molar-refractivity contribution in [3.8, 4) is 5.75 Å². The standard InChI is InChI=1S/C18H20BrNO/c1-2-10-20-18(15-5-3-4-6-16(15)19)14-7-8-17-13(12-14)9-11-21-17/h3-8,12,18,20H,2,9-11H2,1H3. The van der Waals surface area contributed by atoms with E-state index in [2.05, 4.69) is 70.6 Å². The first-order valence-electron chi connectivity index (χ1n) is 7.53. The zero-order valence-electron chi connectivity index (χ0n) is 12.2. The number of hydrogen-bond donors (Lipinski definition) is 1. The van der Waals surface area contributed by atoms with Crippen LogP contribution in [-0.4, -0.2) is 13.2 Å². The normalized spacial score (nSPS) is 14.6. The van der Waals surface area contributed by atoms with Crippen LogP contribution in [0, 0.1) is 0 Å². The summed E-state index contributed by atoms with van der Waals surface area (Å²) >= 11 is 3.68. The highest BCUT2D eigenvalue weighted by Gasteiger charge is 2.19. The first-order chi connectivity index (χ1) is 10.3. The molecule has 0 saturated heterocycles. The van der Waals surface area contributed by atoms with E-state index in [0.717, 1.165) is 36.2 Å². The highest BCUT2D eigenvalue weighted by Crippen LogP contribution is 2.33. The van der Waals surface area contributed by atoms with Gasteiger partial charge in [0.1, 0.15) is 5.75 Å². The van der Waals surface area contributed by atoms with Gasteiger partial charge in [0, 0.05) is 10.9 Å².